The van der Waals surface area contributed by atoms with Gasteiger partial charge in [-0.2, -0.15) is 0 Å². The Labute approximate surface area is 168 Å². The molecule has 1 saturated heterocycles. The van der Waals surface area contributed by atoms with E-state index in [1.165, 1.54) is 0 Å². The fourth-order valence-corrected chi connectivity index (χ4v) is 2.56. The van der Waals surface area contributed by atoms with E-state index in [0.29, 0.717) is 18.9 Å². The number of amides is 2. The molecule has 1 rings (SSSR count). The highest BCUT2D eigenvalue weighted by atomic mass is 127. The number of hydrogen-bond acceptors (Lipinski definition) is 3. The Hall–Kier alpha value is -1.06. The van der Waals surface area contributed by atoms with Gasteiger partial charge in [-0.05, 0) is 32.6 Å². The van der Waals surface area contributed by atoms with Crippen molar-refractivity contribution in [3.05, 3.63) is 0 Å². The minimum Gasteiger partial charge on any atom is -0.357 e. The van der Waals surface area contributed by atoms with Gasteiger partial charge in [-0.25, -0.2) is 4.99 Å². The predicted molar refractivity (Wildman–Crippen MR) is 112 cm³/mol. The molecule has 1 aliphatic heterocycles. The highest BCUT2D eigenvalue weighted by Gasteiger charge is 2.15. The average molecular weight is 467 g/mol. The largest absolute Gasteiger partial charge is 0.357 e. The van der Waals surface area contributed by atoms with Crippen LogP contribution in [0.1, 0.15) is 52.4 Å². The molecule has 0 bridgehead atoms. The van der Waals surface area contributed by atoms with E-state index in [4.69, 9.17) is 0 Å². The molecule has 0 saturated carbocycles. The standard InChI is InChI=1S/C17H33N5O2.HI/c1-3-10-19-15(23)14-21-17(18-4-2)20-11-8-13-22-12-7-5-6-9-16(22)24;/h3-14H2,1-2H3,(H,19,23)(H2,18,20,21);1H. The minimum atomic E-state index is -0.0655. The Balaban J connectivity index is 0.00000576. The van der Waals surface area contributed by atoms with Gasteiger partial charge in [-0.15, -0.1) is 24.0 Å². The SMILES string of the molecule is CCCNC(=O)CN=C(NCC)NCCCN1CCCCCC1=O.I. The third kappa shape index (κ3) is 11.2. The third-order valence-corrected chi connectivity index (χ3v) is 3.87. The van der Waals surface area contributed by atoms with Crippen LogP contribution in [0.3, 0.4) is 0 Å². The second-order valence-electron chi connectivity index (χ2n) is 6.02. The average Bonchev–Trinajstić information content (AvgIpc) is 2.78. The monoisotopic (exact) mass is 467 g/mol. The van der Waals surface area contributed by atoms with E-state index in [1.807, 2.05) is 18.7 Å². The summed E-state index contributed by atoms with van der Waals surface area (Å²) in [5.41, 5.74) is 0. The number of carbonyl (C=O) groups is 2. The maximum absolute atomic E-state index is 11.9. The quantitative estimate of drug-likeness (QED) is 0.208. The van der Waals surface area contributed by atoms with Gasteiger partial charge >= 0.3 is 0 Å². The summed E-state index contributed by atoms with van der Waals surface area (Å²) in [5.74, 6) is 0.858. The number of hydrogen-bond donors (Lipinski definition) is 3. The highest BCUT2D eigenvalue weighted by Crippen LogP contribution is 2.11. The zero-order valence-electron chi connectivity index (χ0n) is 15.6. The first-order chi connectivity index (χ1) is 11.7. The van der Waals surface area contributed by atoms with Crippen molar-refractivity contribution in [1.82, 2.24) is 20.9 Å². The van der Waals surface area contributed by atoms with Crippen molar-refractivity contribution in [2.24, 2.45) is 4.99 Å². The molecule has 1 heterocycles. The van der Waals surface area contributed by atoms with Crippen LogP contribution < -0.4 is 16.0 Å². The number of carbonyl (C=O) groups excluding carboxylic acids is 2. The van der Waals surface area contributed by atoms with E-state index in [1.54, 1.807) is 0 Å². The molecule has 0 aromatic heterocycles. The lowest BCUT2D eigenvalue weighted by Gasteiger charge is -2.20. The van der Waals surface area contributed by atoms with Gasteiger partial charge in [-0.1, -0.05) is 13.3 Å². The maximum Gasteiger partial charge on any atom is 0.241 e. The molecule has 1 aliphatic rings. The molecule has 8 heteroatoms. The van der Waals surface area contributed by atoms with E-state index in [2.05, 4.69) is 20.9 Å². The number of rotatable bonds is 9. The molecule has 0 aromatic carbocycles. The van der Waals surface area contributed by atoms with Crippen LogP contribution in [-0.2, 0) is 9.59 Å². The van der Waals surface area contributed by atoms with E-state index in [9.17, 15) is 9.59 Å². The van der Waals surface area contributed by atoms with Crippen LogP contribution in [-0.4, -0.2) is 61.9 Å². The normalized spacial score (nSPS) is 15.2. The van der Waals surface area contributed by atoms with Crippen LogP contribution in [0.5, 0.6) is 0 Å². The van der Waals surface area contributed by atoms with Gasteiger partial charge in [0.1, 0.15) is 6.54 Å². The van der Waals surface area contributed by atoms with Gasteiger partial charge in [0, 0.05) is 39.1 Å². The molecule has 1 fully saturated rings. The summed E-state index contributed by atoms with van der Waals surface area (Å²) in [5, 5.41) is 9.16. The Bertz CT molecular complexity index is 418. The van der Waals surface area contributed by atoms with Crippen molar-refractivity contribution in [1.29, 1.82) is 0 Å². The van der Waals surface area contributed by atoms with E-state index in [-0.39, 0.29) is 42.3 Å². The summed E-state index contributed by atoms with van der Waals surface area (Å²) < 4.78 is 0. The molecule has 0 spiro atoms. The second kappa shape index (κ2) is 15.2. The number of nitrogens with one attached hydrogen (secondary N) is 3. The topological polar surface area (TPSA) is 85.8 Å². The lowest BCUT2D eigenvalue weighted by molar-refractivity contribution is -0.130. The number of halogens is 1. The summed E-state index contributed by atoms with van der Waals surface area (Å²) in [6, 6.07) is 0. The minimum absolute atomic E-state index is 0. The first kappa shape index (κ1) is 23.9. The summed E-state index contributed by atoms with van der Waals surface area (Å²) in [7, 11) is 0. The van der Waals surface area contributed by atoms with Gasteiger partial charge in [0.15, 0.2) is 5.96 Å². The van der Waals surface area contributed by atoms with Crippen LogP contribution in [0.4, 0.5) is 0 Å². The Kier molecular flexibility index (Phi) is 14.6. The van der Waals surface area contributed by atoms with Crippen molar-refractivity contribution < 1.29 is 9.59 Å². The highest BCUT2D eigenvalue weighted by molar-refractivity contribution is 14.0. The van der Waals surface area contributed by atoms with Gasteiger partial charge in [0.2, 0.25) is 11.8 Å². The fourth-order valence-electron chi connectivity index (χ4n) is 2.56. The molecule has 25 heavy (non-hydrogen) atoms. The Morgan fingerprint density at radius 2 is 1.92 bits per heavy atom. The molecule has 7 nitrogen and oxygen atoms in total. The van der Waals surface area contributed by atoms with Crippen molar-refractivity contribution in [3.63, 3.8) is 0 Å². The Morgan fingerprint density at radius 3 is 2.64 bits per heavy atom. The molecule has 2 amide bonds. The van der Waals surface area contributed by atoms with E-state index in [0.717, 1.165) is 58.3 Å². The van der Waals surface area contributed by atoms with Crippen molar-refractivity contribution in [2.75, 3.05) is 39.3 Å². The molecule has 0 aromatic rings. The molecule has 0 atom stereocenters. The smallest absolute Gasteiger partial charge is 0.241 e. The number of nitrogens with zero attached hydrogens (tertiary/aromatic N) is 2. The first-order valence-electron chi connectivity index (χ1n) is 9.24. The second-order valence-corrected chi connectivity index (χ2v) is 6.02. The van der Waals surface area contributed by atoms with Crippen molar-refractivity contribution in [3.8, 4) is 0 Å². The van der Waals surface area contributed by atoms with Gasteiger partial charge < -0.3 is 20.9 Å². The first-order valence-corrected chi connectivity index (χ1v) is 9.24. The van der Waals surface area contributed by atoms with Crippen LogP contribution in [0.15, 0.2) is 4.99 Å². The predicted octanol–water partition coefficient (Wildman–Crippen LogP) is 1.48. The summed E-state index contributed by atoms with van der Waals surface area (Å²) in [4.78, 5) is 29.8. The molecule has 146 valence electrons. The van der Waals surface area contributed by atoms with Gasteiger partial charge in [-0.3, -0.25) is 9.59 Å². The van der Waals surface area contributed by atoms with Crippen LogP contribution in [0.25, 0.3) is 0 Å². The number of guanidine groups is 1. The van der Waals surface area contributed by atoms with Crippen LogP contribution in [0, 0.1) is 0 Å². The van der Waals surface area contributed by atoms with Crippen molar-refractivity contribution in [2.45, 2.75) is 52.4 Å². The number of likely N-dealkylation sites (tertiary alicyclic amines) is 1. The molecule has 0 radical (unpaired) electrons. The lowest BCUT2D eigenvalue weighted by Crippen LogP contribution is -2.40. The number of aliphatic imine (C=N–C) groups is 1. The fraction of sp³-hybridized carbons (Fsp3) is 0.824. The Morgan fingerprint density at radius 1 is 1.12 bits per heavy atom. The van der Waals surface area contributed by atoms with Crippen molar-refractivity contribution >= 4 is 41.8 Å². The van der Waals surface area contributed by atoms with Crippen LogP contribution in [0.2, 0.25) is 0 Å². The van der Waals surface area contributed by atoms with Gasteiger partial charge in [0.25, 0.3) is 0 Å². The third-order valence-electron chi connectivity index (χ3n) is 3.87. The van der Waals surface area contributed by atoms with Gasteiger partial charge in [0.05, 0.1) is 0 Å². The lowest BCUT2D eigenvalue weighted by atomic mass is 10.2. The molecule has 0 unspecified atom stereocenters. The molecular formula is C17H34IN5O2. The maximum atomic E-state index is 11.9. The molecular weight excluding hydrogens is 433 g/mol. The zero-order chi connectivity index (χ0) is 17.6. The van der Waals surface area contributed by atoms with E-state index >= 15 is 0 Å². The van der Waals surface area contributed by atoms with E-state index < -0.39 is 0 Å². The zero-order valence-corrected chi connectivity index (χ0v) is 17.9. The summed E-state index contributed by atoms with van der Waals surface area (Å²) in [6.45, 7) is 7.95. The summed E-state index contributed by atoms with van der Waals surface area (Å²) >= 11 is 0. The van der Waals surface area contributed by atoms with Crippen LogP contribution >= 0.6 is 24.0 Å². The molecule has 3 N–H and O–H groups in total. The summed E-state index contributed by atoms with van der Waals surface area (Å²) in [6.07, 6.45) is 5.75. The molecule has 0 aliphatic carbocycles.